The molecule has 1 unspecified atom stereocenters. The van der Waals surface area contributed by atoms with E-state index >= 15 is 0 Å². The third-order valence-electron chi connectivity index (χ3n) is 3.00. The van der Waals surface area contributed by atoms with E-state index in [0.717, 1.165) is 11.3 Å². The fraction of sp³-hybridized carbons (Fsp3) is 0.462. The zero-order chi connectivity index (χ0) is 12.5. The molecule has 0 aliphatic heterocycles. The predicted molar refractivity (Wildman–Crippen MR) is 69.9 cm³/mol. The van der Waals surface area contributed by atoms with E-state index in [1.165, 1.54) is 0 Å². The fourth-order valence-electron chi connectivity index (χ4n) is 1.37. The molecule has 4 nitrogen and oxygen atoms in total. The minimum absolute atomic E-state index is 0.193. The lowest BCUT2D eigenvalue weighted by atomic mass is 9.88. The molecular weight excluding hydrogens is 212 g/mol. The first-order valence-electron chi connectivity index (χ1n) is 5.81. The summed E-state index contributed by atoms with van der Waals surface area (Å²) in [5, 5.41) is 3.40. The molecule has 1 N–H and O–H groups in total. The Bertz CT molecular complexity index is 516. The highest BCUT2D eigenvalue weighted by atomic mass is 15.0. The number of aromatic nitrogens is 3. The molecule has 0 aromatic carbocycles. The molecule has 17 heavy (non-hydrogen) atoms. The van der Waals surface area contributed by atoms with Crippen LogP contribution in [0.5, 0.6) is 0 Å². The van der Waals surface area contributed by atoms with Crippen molar-refractivity contribution in [2.75, 3.05) is 5.32 Å². The van der Waals surface area contributed by atoms with Gasteiger partial charge in [0.25, 0.3) is 0 Å². The molecule has 0 fully saturated rings. The first-order valence-corrected chi connectivity index (χ1v) is 5.81. The summed E-state index contributed by atoms with van der Waals surface area (Å²) in [4.78, 5) is 12.8. The molecule has 2 aromatic rings. The summed E-state index contributed by atoms with van der Waals surface area (Å²) in [6, 6.07) is 4.22. The first-order chi connectivity index (χ1) is 7.97. The highest BCUT2D eigenvalue weighted by Crippen LogP contribution is 2.22. The van der Waals surface area contributed by atoms with Gasteiger partial charge in [0.05, 0.1) is 0 Å². The summed E-state index contributed by atoms with van der Waals surface area (Å²) in [7, 11) is 0. The van der Waals surface area contributed by atoms with Gasteiger partial charge in [-0.25, -0.2) is 9.97 Å². The molecule has 0 bridgehead atoms. The molecule has 0 spiro atoms. The molecule has 0 aliphatic carbocycles. The molecule has 0 aliphatic rings. The van der Waals surface area contributed by atoms with Crippen molar-refractivity contribution in [3.63, 3.8) is 0 Å². The van der Waals surface area contributed by atoms with Crippen LogP contribution in [0.15, 0.2) is 24.5 Å². The molecule has 0 saturated heterocycles. The van der Waals surface area contributed by atoms with Crippen LogP contribution in [0.2, 0.25) is 0 Å². The van der Waals surface area contributed by atoms with Crippen molar-refractivity contribution in [1.82, 2.24) is 15.0 Å². The SMILES string of the molecule is CC(Nc1ccc2nccnc2n1)C(C)(C)C. The third-order valence-corrected chi connectivity index (χ3v) is 3.00. The Morgan fingerprint density at radius 3 is 2.53 bits per heavy atom. The summed E-state index contributed by atoms with van der Waals surface area (Å²) in [6.45, 7) is 8.76. The maximum Gasteiger partial charge on any atom is 0.180 e. The maximum atomic E-state index is 4.44. The van der Waals surface area contributed by atoms with E-state index in [1.54, 1.807) is 12.4 Å². The molecule has 4 heteroatoms. The van der Waals surface area contributed by atoms with Gasteiger partial charge in [-0.05, 0) is 24.5 Å². The second-order valence-corrected chi connectivity index (χ2v) is 5.33. The maximum absolute atomic E-state index is 4.44. The lowest BCUT2D eigenvalue weighted by Crippen LogP contribution is -2.31. The number of nitrogens with one attached hydrogen (secondary N) is 1. The Morgan fingerprint density at radius 1 is 1.12 bits per heavy atom. The Hall–Kier alpha value is -1.71. The van der Waals surface area contributed by atoms with E-state index in [0.29, 0.717) is 11.7 Å². The average Bonchev–Trinajstić information content (AvgIpc) is 2.27. The monoisotopic (exact) mass is 230 g/mol. The van der Waals surface area contributed by atoms with Crippen LogP contribution in [0.4, 0.5) is 5.82 Å². The van der Waals surface area contributed by atoms with Gasteiger partial charge in [0.2, 0.25) is 0 Å². The van der Waals surface area contributed by atoms with Crippen molar-refractivity contribution in [3.05, 3.63) is 24.5 Å². The van der Waals surface area contributed by atoms with Gasteiger partial charge in [-0.15, -0.1) is 0 Å². The average molecular weight is 230 g/mol. The molecule has 2 aromatic heterocycles. The summed E-state index contributed by atoms with van der Waals surface area (Å²) in [5.74, 6) is 0.848. The number of anilines is 1. The van der Waals surface area contributed by atoms with Gasteiger partial charge < -0.3 is 5.32 Å². The zero-order valence-electron chi connectivity index (χ0n) is 10.7. The lowest BCUT2D eigenvalue weighted by Gasteiger charge is -2.28. The standard InChI is InChI=1S/C13H18N4/c1-9(13(2,3)4)16-11-6-5-10-12(17-11)15-8-7-14-10/h5-9H,1-4H3,(H,15,16,17). The van der Waals surface area contributed by atoms with Gasteiger partial charge in [-0.1, -0.05) is 20.8 Å². The van der Waals surface area contributed by atoms with Crippen molar-refractivity contribution in [2.45, 2.75) is 33.7 Å². The van der Waals surface area contributed by atoms with E-state index in [-0.39, 0.29) is 5.41 Å². The van der Waals surface area contributed by atoms with Crippen molar-refractivity contribution in [1.29, 1.82) is 0 Å². The van der Waals surface area contributed by atoms with Crippen LogP contribution in [-0.4, -0.2) is 21.0 Å². The number of hydrogen-bond acceptors (Lipinski definition) is 4. The van der Waals surface area contributed by atoms with Crippen molar-refractivity contribution >= 4 is 17.0 Å². The van der Waals surface area contributed by atoms with E-state index in [2.05, 4.69) is 48.0 Å². The number of hydrogen-bond donors (Lipinski definition) is 1. The summed E-state index contributed by atoms with van der Waals surface area (Å²) >= 11 is 0. The minimum Gasteiger partial charge on any atom is -0.367 e. The van der Waals surface area contributed by atoms with Gasteiger partial charge in [0.15, 0.2) is 5.65 Å². The molecule has 1 atom stereocenters. The topological polar surface area (TPSA) is 50.7 Å². The van der Waals surface area contributed by atoms with Gasteiger partial charge in [0, 0.05) is 18.4 Å². The predicted octanol–water partition coefficient (Wildman–Crippen LogP) is 2.87. The second-order valence-electron chi connectivity index (χ2n) is 5.33. The molecular formula is C13H18N4. The third kappa shape index (κ3) is 2.70. The summed E-state index contributed by atoms with van der Waals surface area (Å²) in [5.41, 5.74) is 1.69. The smallest absolute Gasteiger partial charge is 0.180 e. The van der Waals surface area contributed by atoms with Gasteiger partial charge in [-0.3, -0.25) is 4.98 Å². The number of rotatable bonds is 2. The first kappa shape index (κ1) is 11.8. The van der Waals surface area contributed by atoms with Crippen LogP contribution in [-0.2, 0) is 0 Å². The van der Waals surface area contributed by atoms with E-state index in [1.807, 2.05) is 12.1 Å². The molecule has 2 heterocycles. The van der Waals surface area contributed by atoms with Crippen molar-refractivity contribution in [2.24, 2.45) is 5.41 Å². The van der Waals surface area contributed by atoms with Crippen molar-refractivity contribution in [3.8, 4) is 0 Å². The Kier molecular flexibility index (Phi) is 2.96. The fourth-order valence-corrected chi connectivity index (χ4v) is 1.37. The van der Waals surface area contributed by atoms with Gasteiger partial charge in [0.1, 0.15) is 11.3 Å². The van der Waals surface area contributed by atoms with Crippen LogP contribution in [0, 0.1) is 5.41 Å². The minimum atomic E-state index is 0.193. The highest BCUT2D eigenvalue weighted by Gasteiger charge is 2.20. The zero-order valence-corrected chi connectivity index (χ0v) is 10.7. The Balaban J connectivity index is 2.25. The van der Waals surface area contributed by atoms with E-state index in [4.69, 9.17) is 0 Å². The Morgan fingerprint density at radius 2 is 1.82 bits per heavy atom. The Labute approximate surface area is 102 Å². The normalized spacial score (nSPS) is 13.6. The number of fused-ring (bicyclic) bond motifs is 1. The highest BCUT2D eigenvalue weighted by molar-refractivity contribution is 5.71. The summed E-state index contributed by atoms with van der Waals surface area (Å²) in [6.07, 6.45) is 3.33. The molecule has 0 amide bonds. The molecule has 90 valence electrons. The molecule has 0 saturated carbocycles. The van der Waals surface area contributed by atoms with Crippen LogP contribution in [0.25, 0.3) is 11.2 Å². The van der Waals surface area contributed by atoms with Crippen LogP contribution in [0.3, 0.4) is 0 Å². The largest absolute Gasteiger partial charge is 0.367 e. The van der Waals surface area contributed by atoms with Gasteiger partial charge >= 0.3 is 0 Å². The van der Waals surface area contributed by atoms with E-state index < -0.39 is 0 Å². The van der Waals surface area contributed by atoms with Gasteiger partial charge in [-0.2, -0.15) is 0 Å². The van der Waals surface area contributed by atoms with Crippen LogP contribution < -0.4 is 5.32 Å². The van der Waals surface area contributed by atoms with E-state index in [9.17, 15) is 0 Å². The second kappa shape index (κ2) is 4.28. The molecule has 2 rings (SSSR count). The quantitative estimate of drug-likeness (QED) is 0.861. The number of pyridine rings is 1. The number of nitrogens with zero attached hydrogens (tertiary/aromatic N) is 3. The van der Waals surface area contributed by atoms with Crippen LogP contribution >= 0.6 is 0 Å². The lowest BCUT2D eigenvalue weighted by molar-refractivity contribution is 0.359. The van der Waals surface area contributed by atoms with Crippen molar-refractivity contribution < 1.29 is 0 Å². The molecule has 0 radical (unpaired) electrons. The summed E-state index contributed by atoms with van der Waals surface area (Å²) < 4.78 is 0. The van der Waals surface area contributed by atoms with Crippen LogP contribution in [0.1, 0.15) is 27.7 Å².